The van der Waals surface area contributed by atoms with Crippen LogP contribution in [0.15, 0.2) is 24.3 Å². The number of anilines is 1. The molecule has 20 heavy (non-hydrogen) atoms. The minimum atomic E-state index is -0.647. The average Bonchev–Trinajstić information content (AvgIpc) is 2.70. The molecule has 0 unspecified atom stereocenters. The molecule has 0 aliphatic carbocycles. The van der Waals surface area contributed by atoms with Gasteiger partial charge in [0, 0.05) is 21.8 Å². The van der Waals surface area contributed by atoms with Gasteiger partial charge in [0.25, 0.3) is 11.6 Å². The minimum absolute atomic E-state index is 0.0516. The van der Waals surface area contributed by atoms with Crippen LogP contribution in [0.25, 0.3) is 0 Å². The third kappa shape index (κ3) is 3.40. The van der Waals surface area contributed by atoms with Gasteiger partial charge in [0.05, 0.1) is 4.92 Å². The third-order valence-corrected chi connectivity index (χ3v) is 3.98. The highest BCUT2D eigenvalue weighted by Gasteiger charge is 2.21. The number of rotatable bonds is 3. The van der Waals surface area contributed by atoms with Crippen molar-refractivity contribution in [1.82, 2.24) is 0 Å². The van der Waals surface area contributed by atoms with Crippen molar-refractivity contribution in [3.05, 3.63) is 53.6 Å². The Morgan fingerprint density at radius 1 is 1.15 bits per heavy atom. The number of thiophene rings is 1. The second-order valence-electron chi connectivity index (χ2n) is 3.64. The Morgan fingerprint density at radius 2 is 1.75 bits per heavy atom. The zero-order valence-corrected chi connectivity index (χ0v) is 12.6. The number of hydrogen-bond donors (Lipinski definition) is 1. The van der Waals surface area contributed by atoms with Crippen molar-refractivity contribution in [1.29, 1.82) is 0 Å². The van der Waals surface area contributed by atoms with E-state index < -0.39 is 10.8 Å². The van der Waals surface area contributed by atoms with Gasteiger partial charge in [-0.25, -0.2) is 0 Å². The second kappa shape index (κ2) is 5.97. The number of carbonyl (C=O) groups excluding carboxylic acids is 1. The van der Waals surface area contributed by atoms with E-state index in [1.54, 1.807) is 0 Å². The van der Waals surface area contributed by atoms with Crippen LogP contribution in [-0.2, 0) is 0 Å². The maximum absolute atomic E-state index is 12.0. The topological polar surface area (TPSA) is 72.2 Å². The van der Waals surface area contributed by atoms with E-state index >= 15 is 0 Å². The highest BCUT2D eigenvalue weighted by Crippen LogP contribution is 2.34. The van der Waals surface area contributed by atoms with Crippen LogP contribution in [0, 0.1) is 10.1 Å². The van der Waals surface area contributed by atoms with Gasteiger partial charge in [-0.05, 0) is 18.2 Å². The fourth-order valence-electron chi connectivity index (χ4n) is 1.41. The molecular weight excluding hydrogens is 347 g/mol. The van der Waals surface area contributed by atoms with Crippen LogP contribution in [0.2, 0.25) is 14.4 Å². The van der Waals surface area contributed by atoms with Crippen LogP contribution in [-0.4, -0.2) is 10.8 Å². The van der Waals surface area contributed by atoms with Crippen molar-refractivity contribution in [3.63, 3.8) is 0 Å². The summed E-state index contributed by atoms with van der Waals surface area (Å²) in [5.74, 6) is -0.525. The van der Waals surface area contributed by atoms with Gasteiger partial charge in [0.15, 0.2) is 4.34 Å². The van der Waals surface area contributed by atoms with Crippen molar-refractivity contribution in [2.45, 2.75) is 0 Å². The highest BCUT2D eigenvalue weighted by molar-refractivity contribution is 7.18. The molecule has 1 amide bonds. The predicted molar refractivity (Wildman–Crippen MR) is 80.4 cm³/mol. The van der Waals surface area contributed by atoms with Crippen molar-refractivity contribution >= 4 is 63.4 Å². The number of benzene rings is 1. The van der Waals surface area contributed by atoms with Crippen LogP contribution < -0.4 is 5.32 Å². The van der Waals surface area contributed by atoms with E-state index in [4.69, 9.17) is 34.8 Å². The number of carbonyl (C=O) groups is 1. The lowest BCUT2D eigenvalue weighted by molar-refractivity contribution is -0.384. The molecule has 0 atom stereocenters. The summed E-state index contributed by atoms with van der Waals surface area (Å²) < 4.78 is -0.0516. The maximum atomic E-state index is 12.0. The molecule has 0 radical (unpaired) electrons. The molecule has 0 bridgehead atoms. The lowest BCUT2D eigenvalue weighted by atomic mass is 10.3. The SMILES string of the molecule is O=C(Nc1cc(Cl)cc(Cl)c1)c1cc([N+](=O)[O-])c(Cl)s1. The molecule has 0 saturated heterocycles. The smallest absolute Gasteiger partial charge is 0.299 e. The fourth-order valence-corrected chi connectivity index (χ4v) is 3.06. The average molecular weight is 352 g/mol. The number of nitro groups is 1. The summed E-state index contributed by atoms with van der Waals surface area (Å²) in [5.41, 5.74) is 0.0885. The molecule has 1 aromatic carbocycles. The lowest BCUT2D eigenvalue weighted by Crippen LogP contribution is -2.10. The van der Waals surface area contributed by atoms with Crippen LogP contribution in [0.4, 0.5) is 11.4 Å². The number of amides is 1. The normalized spacial score (nSPS) is 10.3. The fraction of sp³-hybridized carbons (Fsp3) is 0. The Bertz CT molecular complexity index is 682. The zero-order chi connectivity index (χ0) is 14.9. The van der Waals surface area contributed by atoms with Gasteiger partial charge in [-0.1, -0.05) is 34.8 Å². The van der Waals surface area contributed by atoms with Gasteiger partial charge in [0.1, 0.15) is 4.88 Å². The molecule has 1 aromatic heterocycles. The van der Waals surface area contributed by atoms with E-state index in [1.165, 1.54) is 18.2 Å². The standard InChI is InChI=1S/C11H5Cl3N2O3S/c12-5-1-6(13)3-7(2-5)15-11(17)9-4-8(16(18)19)10(14)20-9/h1-4H,(H,15,17). The number of hydrogen-bond acceptors (Lipinski definition) is 4. The summed E-state index contributed by atoms with van der Waals surface area (Å²) in [6.07, 6.45) is 0. The molecule has 0 spiro atoms. The molecule has 0 fully saturated rings. The monoisotopic (exact) mass is 350 g/mol. The van der Waals surface area contributed by atoms with E-state index in [0.29, 0.717) is 15.7 Å². The first kappa shape index (κ1) is 15.1. The predicted octanol–water partition coefficient (Wildman–Crippen LogP) is 4.87. The first-order valence-corrected chi connectivity index (χ1v) is 7.03. The Balaban J connectivity index is 2.24. The molecule has 1 heterocycles. The van der Waals surface area contributed by atoms with Gasteiger partial charge in [-0.3, -0.25) is 14.9 Å². The highest BCUT2D eigenvalue weighted by atomic mass is 35.5. The van der Waals surface area contributed by atoms with Crippen LogP contribution in [0.1, 0.15) is 9.67 Å². The summed E-state index contributed by atoms with van der Waals surface area (Å²) in [5, 5.41) is 13.9. The van der Waals surface area contributed by atoms with Gasteiger partial charge in [-0.2, -0.15) is 0 Å². The van der Waals surface area contributed by atoms with Gasteiger partial charge in [0.2, 0.25) is 0 Å². The molecule has 0 saturated carbocycles. The Kier molecular flexibility index (Phi) is 4.49. The van der Waals surface area contributed by atoms with E-state index in [9.17, 15) is 14.9 Å². The number of nitrogens with one attached hydrogen (secondary N) is 1. The molecule has 9 heteroatoms. The van der Waals surface area contributed by atoms with E-state index in [1.807, 2.05) is 0 Å². The van der Waals surface area contributed by atoms with Gasteiger partial charge in [-0.15, -0.1) is 11.3 Å². The van der Waals surface area contributed by atoms with Crippen LogP contribution >= 0.6 is 46.1 Å². The maximum Gasteiger partial charge on any atom is 0.299 e. The molecule has 104 valence electrons. The molecule has 0 aliphatic heterocycles. The van der Waals surface area contributed by atoms with Crippen LogP contribution in [0.3, 0.4) is 0 Å². The Morgan fingerprint density at radius 3 is 2.25 bits per heavy atom. The largest absolute Gasteiger partial charge is 0.321 e. The molecule has 0 aliphatic rings. The number of halogens is 3. The van der Waals surface area contributed by atoms with Crippen molar-refractivity contribution in [2.24, 2.45) is 0 Å². The van der Waals surface area contributed by atoms with Crippen molar-refractivity contribution in [2.75, 3.05) is 5.32 Å². The summed E-state index contributed by atoms with van der Waals surface area (Å²) in [6.45, 7) is 0. The van der Waals surface area contributed by atoms with Crippen molar-refractivity contribution < 1.29 is 9.72 Å². The summed E-state index contributed by atoms with van der Waals surface area (Å²) in [6, 6.07) is 5.66. The zero-order valence-electron chi connectivity index (χ0n) is 9.52. The summed E-state index contributed by atoms with van der Waals surface area (Å²) >= 11 is 18.1. The Labute approximate surface area is 132 Å². The van der Waals surface area contributed by atoms with Crippen LogP contribution in [0.5, 0.6) is 0 Å². The lowest BCUT2D eigenvalue weighted by Gasteiger charge is -2.04. The number of nitrogens with zero attached hydrogens (tertiary/aromatic N) is 1. The summed E-state index contributed by atoms with van der Waals surface area (Å²) in [7, 11) is 0. The quantitative estimate of drug-likeness (QED) is 0.633. The van der Waals surface area contributed by atoms with Crippen molar-refractivity contribution in [3.8, 4) is 0 Å². The molecule has 1 N–H and O–H groups in total. The Hall–Kier alpha value is -1.34. The van der Waals surface area contributed by atoms with E-state index in [0.717, 1.165) is 17.4 Å². The third-order valence-electron chi connectivity index (χ3n) is 2.21. The molecule has 2 rings (SSSR count). The minimum Gasteiger partial charge on any atom is -0.321 e. The second-order valence-corrected chi connectivity index (χ2v) is 6.17. The van der Waals surface area contributed by atoms with Gasteiger partial charge >= 0.3 is 0 Å². The van der Waals surface area contributed by atoms with E-state index in [-0.39, 0.29) is 14.9 Å². The van der Waals surface area contributed by atoms with E-state index in [2.05, 4.69) is 5.32 Å². The van der Waals surface area contributed by atoms with Gasteiger partial charge < -0.3 is 5.32 Å². The molecule has 2 aromatic rings. The molecular formula is C11H5Cl3N2O3S. The first-order chi connectivity index (χ1) is 9.36. The first-order valence-electron chi connectivity index (χ1n) is 5.08. The molecule has 5 nitrogen and oxygen atoms in total. The summed E-state index contributed by atoms with van der Waals surface area (Å²) in [4.78, 5) is 22.1.